The smallest absolute Gasteiger partial charge is 0.246 e. The molecule has 2 N–H and O–H groups in total. The molecule has 0 saturated carbocycles. The van der Waals surface area contributed by atoms with Crippen LogP contribution in [0.2, 0.25) is 0 Å². The van der Waals surface area contributed by atoms with E-state index in [0.717, 1.165) is 0 Å². The third kappa shape index (κ3) is 3.45. The van der Waals surface area contributed by atoms with E-state index in [9.17, 15) is 4.79 Å². The van der Waals surface area contributed by atoms with E-state index in [2.05, 4.69) is 5.32 Å². The second-order valence-electron chi connectivity index (χ2n) is 3.23. The quantitative estimate of drug-likeness (QED) is 0.597. The summed E-state index contributed by atoms with van der Waals surface area (Å²) in [6, 6.07) is 0. The van der Waals surface area contributed by atoms with Gasteiger partial charge in [0.2, 0.25) is 5.91 Å². The van der Waals surface area contributed by atoms with Crippen LogP contribution in [-0.2, 0) is 4.79 Å². The summed E-state index contributed by atoms with van der Waals surface area (Å²) in [6.45, 7) is 6.41. The van der Waals surface area contributed by atoms with Crippen LogP contribution in [0.1, 0.15) is 20.8 Å². The van der Waals surface area contributed by atoms with Crippen LogP contribution in [-0.4, -0.2) is 19.0 Å². The Morgan fingerprint density at radius 1 is 1.50 bits per heavy atom. The minimum atomic E-state index is -0.352. The Balaban J connectivity index is 3.64. The van der Waals surface area contributed by atoms with E-state index in [1.54, 1.807) is 0 Å². The summed E-state index contributed by atoms with van der Waals surface area (Å²) in [5, 5.41) is 3.75. The molecule has 0 spiro atoms. The number of rotatable bonds is 2. The van der Waals surface area contributed by atoms with E-state index >= 15 is 0 Å². The second-order valence-corrected chi connectivity index (χ2v) is 3.23. The summed E-state index contributed by atoms with van der Waals surface area (Å²) in [4.78, 5) is 11.0. The summed E-state index contributed by atoms with van der Waals surface area (Å²) in [7, 11) is 0. The van der Waals surface area contributed by atoms with Crippen molar-refractivity contribution in [3.05, 3.63) is 0 Å². The first kappa shape index (κ1) is 9.43. The van der Waals surface area contributed by atoms with Crippen LogP contribution in [0.15, 0.2) is 0 Å². The van der Waals surface area contributed by atoms with Crippen LogP contribution in [0, 0.1) is 5.41 Å². The van der Waals surface area contributed by atoms with Crippen LogP contribution >= 0.6 is 0 Å². The molecule has 3 nitrogen and oxygen atoms in total. The molecular weight excluding hydrogens is 128 g/mol. The Kier molecular flexibility index (Phi) is 3.36. The fourth-order valence-electron chi connectivity index (χ4n) is 0.403. The summed E-state index contributed by atoms with van der Waals surface area (Å²) in [6.07, 6.45) is 0. The number of carbonyl (C=O) groups is 1. The SMILES string of the molecule is CC(C)(C)C(=O)[N]CCN. The van der Waals surface area contributed by atoms with Crippen LogP contribution in [0.25, 0.3) is 0 Å². The molecular formula is C7H15N2O. The van der Waals surface area contributed by atoms with E-state index < -0.39 is 0 Å². The molecule has 1 radical (unpaired) electrons. The molecule has 0 fully saturated rings. The summed E-state index contributed by atoms with van der Waals surface area (Å²) >= 11 is 0. The van der Waals surface area contributed by atoms with Crippen LogP contribution in [0.5, 0.6) is 0 Å². The van der Waals surface area contributed by atoms with Crippen molar-refractivity contribution < 1.29 is 4.79 Å². The van der Waals surface area contributed by atoms with Crippen molar-refractivity contribution in [3.63, 3.8) is 0 Å². The average Bonchev–Trinajstić information content (AvgIpc) is 1.80. The highest BCUT2D eigenvalue weighted by Gasteiger charge is 2.21. The lowest BCUT2D eigenvalue weighted by molar-refractivity contribution is -0.128. The Morgan fingerprint density at radius 2 is 2.00 bits per heavy atom. The molecule has 0 aromatic carbocycles. The molecule has 0 atom stereocenters. The molecule has 0 saturated heterocycles. The van der Waals surface area contributed by atoms with Crippen molar-refractivity contribution in [3.8, 4) is 0 Å². The monoisotopic (exact) mass is 143 g/mol. The van der Waals surface area contributed by atoms with Gasteiger partial charge in [-0.25, -0.2) is 5.32 Å². The molecule has 10 heavy (non-hydrogen) atoms. The van der Waals surface area contributed by atoms with Crippen molar-refractivity contribution in [2.24, 2.45) is 11.1 Å². The normalized spacial score (nSPS) is 11.2. The molecule has 0 unspecified atom stereocenters. The lowest BCUT2D eigenvalue weighted by Gasteiger charge is -2.14. The van der Waals surface area contributed by atoms with Gasteiger partial charge in [0.25, 0.3) is 0 Å². The standard InChI is InChI=1S/C7H15N2O/c1-7(2,3)6(10)9-5-4-8/h4-5,8H2,1-3H3. The van der Waals surface area contributed by atoms with Gasteiger partial charge in [0.1, 0.15) is 0 Å². The minimum Gasteiger partial charge on any atom is -0.329 e. The predicted octanol–water partition coefficient (Wildman–Crippen LogP) is 0.122. The highest BCUT2D eigenvalue weighted by molar-refractivity contribution is 5.80. The fourth-order valence-corrected chi connectivity index (χ4v) is 0.403. The first-order valence-electron chi connectivity index (χ1n) is 3.40. The van der Waals surface area contributed by atoms with Crippen molar-refractivity contribution >= 4 is 5.91 Å². The average molecular weight is 143 g/mol. The van der Waals surface area contributed by atoms with Gasteiger partial charge in [-0.3, -0.25) is 4.79 Å². The fraction of sp³-hybridized carbons (Fsp3) is 0.857. The highest BCUT2D eigenvalue weighted by Crippen LogP contribution is 2.12. The van der Waals surface area contributed by atoms with Gasteiger partial charge < -0.3 is 5.73 Å². The number of nitrogens with two attached hydrogens (primary N) is 1. The van der Waals surface area contributed by atoms with E-state index in [4.69, 9.17) is 5.73 Å². The minimum absolute atomic E-state index is 0.0713. The first-order valence-corrected chi connectivity index (χ1v) is 3.40. The van der Waals surface area contributed by atoms with Gasteiger partial charge in [0, 0.05) is 12.0 Å². The van der Waals surface area contributed by atoms with Crippen molar-refractivity contribution in [1.29, 1.82) is 0 Å². The van der Waals surface area contributed by atoms with Gasteiger partial charge in [-0.1, -0.05) is 20.8 Å². The van der Waals surface area contributed by atoms with E-state index in [0.29, 0.717) is 13.1 Å². The zero-order valence-electron chi connectivity index (χ0n) is 6.85. The molecule has 0 aliphatic carbocycles. The van der Waals surface area contributed by atoms with Gasteiger partial charge >= 0.3 is 0 Å². The van der Waals surface area contributed by atoms with Gasteiger partial charge in [0.15, 0.2) is 0 Å². The maximum atomic E-state index is 11.0. The largest absolute Gasteiger partial charge is 0.329 e. The predicted molar refractivity (Wildman–Crippen MR) is 40.5 cm³/mol. The third-order valence-electron chi connectivity index (χ3n) is 1.03. The first-order chi connectivity index (χ1) is 4.48. The highest BCUT2D eigenvalue weighted by atomic mass is 16.2. The van der Waals surface area contributed by atoms with Gasteiger partial charge in [-0.15, -0.1) is 0 Å². The topological polar surface area (TPSA) is 57.2 Å². The second kappa shape index (κ2) is 3.56. The van der Waals surface area contributed by atoms with E-state index in [-0.39, 0.29) is 11.3 Å². The summed E-state index contributed by atoms with van der Waals surface area (Å²) in [5.74, 6) is -0.0713. The number of carbonyl (C=O) groups excluding carboxylic acids is 1. The van der Waals surface area contributed by atoms with Gasteiger partial charge in [0.05, 0.1) is 6.54 Å². The molecule has 0 heterocycles. The Bertz CT molecular complexity index is 115. The molecule has 0 aliphatic heterocycles. The molecule has 0 rings (SSSR count). The molecule has 0 bridgehead atoms. The van der Waals surface area contributed by atoms with E-state index in [1.807, 2.05) is 20.8 Å². The maximum absolute atomic E-state index is 11.0. The van der Waals surface area contributed by atoms with Crippen LogP contribution in [0.3, 0.4) is 0 Å². The Morgan fingerprint density at radius 3 is 2.30 bits per heavy atom. The lowest BCUT2D eigenvalue weighted by Crippen LogP contribution is -2.32. The number of hydrogen-bond donors (Lipinski definition) is 1. The molecule has 0 aromatic rings. The summed E-state index contributed by atoms with van der Waals surface area (Å²) < 4.78 is 0. The molecule has 0 aliphatic rings. The third-order valence-corrected chi connectivity index (χ3v) is 1.03. The molecule has 3 heteroatoms. The van der Waals surface area contributed by atoms with Crippen LogP contribution in [0.4, 0.5) is 0 Å². The van der Waals surface area contributed by atoms with Gasteiger partial charge in [-0.05, 0) is 0 Å². The van der Waals surface area contributed by atoms with Crippen molar-refractivity contribution in [2.75, 3.05) is 13.1 Å². The number of hydrogen-bond acceptors (Lipinski definition) is 2. The molecule has 0 aromatic heterocycles. The Hall–Kier alpha value is -0.570. The number of nitrogens with zero attached hydrogens (tertiary/aromatic N) is 1. The van der Waals surface area contributed by atoms with Crippen molar-refractivity contribution in [1.82, 2.24) is 5.32 Å². The zero-order valence-corrected chi connectivity index (χ0v) is 6.85. The zero-order chi connectivity index (χ0) is 8.20. The van der Waals surface area contributed by atoms with Crippen molar-refractivity contribution in [2.45, 2.75) is 20.8 Å². The maximum Gasteiger partial charge on any atom is 0.246 e. The Labute approximate surface area is 62.0 Å². The summed E-state index contributed by atoms with van der Waals surface area (Å²) in [5.41, 5.74) is 4.82. The van der Waals surface area contributed by atoms with E-state index in [1.165, 1.54) is 0 Å². The molecule has 59 valence electrons. The van der Waals surface area contributed by atoms with Gasteiger partial charge in [-0.2, -0.15) is 0 Å². The number of amides is 1. The molecule has 1 amide bonds. The van der Waals surface area contributed by atoms with Crippen LogP contribution < -0.4 is 11.1 Å². The lowest BCUT2D eigenvalue weighted by atomic mass is 9.96.